The van der Waals surface area contributed by atoms with Crippen LogP contribution in [0.25, 0.3) is 0 Å². The van der Waals surface area contributed by atoms with Crippen molar-refractivity contribution in [3.8, 4) is 0 Å². The van der Waals surface area contributed by atoms with Crippen LogP contribution in [-0.4, -0.2) is 14.4 Å². The molecular weight excluding hydrogens is 471 g/mol. The van der Waals surface area contributed by atoms with Gasteiger partial charge in [0, 0.05) is 11.5 Å². The van der Waals surface area contributed by atoms with Crippen molar-refractivity contribution < 1.29 is 4.43 Å². The highest BCUT2D eigenvalue weighted by Crippen LogP contribution is 2.65. The lowest BCUT2D eigenvalue weighted by Crippen LogP contribution is -2.51. The molecule has 0 aromatic heterocycles. The number of halogens is 1. The van der Waals surface area contributed by atoms with Crippen LogP contribution in [-0.2, 0) is 4.43 Å². The molecule has 0 amide bonds. The average Bonchev–Trinajstić information content (AvgIpc) is 2.89. The van der Waals surface area contributed by atoms with Gasteiger partial charge in [0.15, 0.2) is 8.32 Å². The Bertz CT molecular complexity index is 702. The summed E-state index contributed by atoms with van der Waals surface area (Å²) in [5.41, 5.74) is 2.67. The molecule has 0 unspecified atom stereocenters. The molecule has 0 aromatic rings. The molecule has 0 aromatic carbocycles. The molecule has 4 rings (SSSR count). The molecule has 0 saturated heterocycles. The summed E-state index contributed by atoms with van der Waals surface area (Å²) >= 11 is 2.64. The van der Waals surface area contributed by atoms with Gasteiger partial charge < -0.3 is 4.43 Å². The van der Waals surface area contributed by atoms with Crippen molar-refractivity contribution in [2.24, 2.45) is 28.6 Å². The average molecular weight is 513 g/mol. The molecule has 4 aliphatic carbocycles. The van der Waals surface area contributed by atoms with E-state index in [4.69, 9.17) is 4.43 Å². The number of hydrogen-bond acceptors (Lipinski definition) is 1. The molecule has 6 atom stereocenters. The van der Waals surface area contributed by atoms with Crippen LogP contribution >= 0.6 is 22.6 Å². The van der Waals surface area contributed by atoms with Gasteiger partial charge in [-0.2, -0.15) is 0 Å². The summed E-state index contributed by atoms with van der Waals surface area (Å²) in [4.78, 5) is 0. The van der Waals surface area contributed by atoms with Gasteiger partial charge in [-0.1, -0.05) is 52.3 Å². The zero-order valence-electron chi connectivity index (χ0n) is 19.2. The minimum absolute atomic E-state index is 0.306. The van der Waals surface area contributed by atoms with Gasteiger partial charge >= 0.3 is 0 Å². The van der Waals surface area contributed by atoms with E-state index in [0.29, 0.717) is 22.0 Å². The monoisotopic (exact) mass is 512 g/mol. The van der Waals surface area contributed by atoms with Gasteiger partial charge in [-0.25, -0.2) is 0 Å². The van der Waals surface area contributed by atoms with Gasteiger partial charge in [0.25, 0.3) is 0 Å². The predicted molar refractivity (Wildman–Crippen MR) is 131 cm³/mol. The third-order valence-corrected chi connectivity index (χ3v) is 16.0. The van der Waals surface area contributed by atoms with Gasteiger partial charge in [0.05, 0.1) is 0 Å². The number of rotatable bonds is 2. The maximum absolute atomic E-state index is 6.86. The van der Waals surface area contributed by atoms with Crippen LogP contribution in [0.5, 0.6) is 0 Å². The largest absolute Gasteiger partial charge is 0.414 e. The van der Waals surface area contributed by atoms with E-state index in [9.17, 15) is 0 Å². The quantitative estimate of drug-likeness (QED) is 0.206. The first-order chi connectivity index (χ1) is 12.9. The minimum Gasteiger partial charge on any atom is -0.414 e. The van der Waals surface area contributed by atoms with Crippen molar-refractivity contribution in [2.75, 3.05) is 0 Å². The number of hydrogen-bond donors (Lipinski definition) is 0. The van der Waals surface area contributed by atoms with E-state index in [1.165, 1.54) is 44.9 Å². The van der Waals surface area contributed by atoms with Crippen molar-refractivity contribution in [2.45, 2.75) is 104 Å². The standard InChI is InChI=1S/C25H41IOSi/c1-23(2,3)28(6,7)27-18-12-14-24(4)17(16-18)8-9-19-20-10-11-22(26)25(20,5)15-13-21(19)24/h8,11,18-21H,9-10,12-16H2,1-7H3/t18-,19-,20-,21-,24-,25-/m0/s1. The molecule has 1 nitrogen and oxygen atoms in total. The Kier molecular flexibility index (Phi) is 5.36. The van der Waals surface area contributed by atoms with E-state index in [-0.39, 0.29) is 0 Å². The second-order valence-corrected chi connectivity index (χ2v) is 18.2. The lowest BCUT2D eigenvalue weighted by molar-refractivity contribution is -0.0254. The van der Waals surface area contributed by atoms with Crippen molar-refractivity contribution in [3.05, 3.63) is 21.3 Å². The minimum atomic E-state index is -1.68. The lowest BCUT2D eigenvalue weighted by atomic mass is 9.48. The van der Waals surface area contributed by atoms with Crippen LogP contribution in [0.1, 0.15) is 79.6 Å². The van der Waals surface area contributed by atoms with E-state index in [2.05, 4.69) is 82.5 Å². The maximum Gasteiger partial charge on any atom is 0.192 e. The van der Waals surface area contributed by atoms with E-state index in [1.807, 2.05) is 0 Å². The number of allylic oxidation sites excluding steroid dienone is 3. The second kappa shape index (κ2) is 6.95. The van der Waals surface area contributed by atoms with Crippen molar-refractivity contribution in [3.63, 3.8) is 0 Å². The molecule has 2 fully saturated rings. The molecule has 0 spiro atoms. The fourth-order valence-corrected chi connectivity index (χ4v) is 9.15. The molecule has 28 heavy (non-hydrogen) atoms. The van der Waals surface area contributed by atoms with Crippen molar-refractivity contribution in [1.29, 1.82) is 0 Å². The van der Waals surface area contributed by atoms with Gasteiger partial charge in [-0.3, -0.25) is 0 Å². The van der Waals surface area contributed by atoms with Gasteiger partial charge in [-0.05, 0) is 112 Å². The molecular formula is C25H41IOSi. The molecule has 2 saturated carbocycles. The summed E-state index contributed by atoms with van der Waals surface area (Å²) in [7, 11) is -1.68. The SMILES string of the molecule is CC(C)(C)[Si](C)(C)O[C@H]1CC[C@@]2(C)C(=CC[C@@H]3[C@@H]2CC[C@]2(C)C(I)=CC[C@@H]32)C1. The summed E-state index contributed by atoms with van der Waals surface area (Å²) in [6.07, 6.45) is 15.0. The van der Waals surface area contributed by atoms with E-state index < -0.39 is 8.32 Å². The first-order valence-electron chi connectivity index (χ1n) is 11.6. The van der Waals surface area contributed by atoms with Crippen molar-refractivity contribution >= 4 is 30.9 Å². The van der Waals surface area contributed by atoms with Gasteiger partial charge in [0.1, 0.15) is 0 Å². The van der Waals surface area contributed by atoms with E-state index in [1.54, 1.807) is 9.15 Å². The van der Waals surface area contributed by atoms with Crippen LogP contribution in [0.4, 0.5) is 0 Å². The summed E-state index contributed by atoms with van der Waals surface area (Å²) in [5.74, 6) is 2.68. The summed E-state index contributed by atoms with van der Waals surface area (Å²) in [6.45, 7) is 17.1. The van der Waals surface area contributed by atoms with Crippen LogP contribution in [0, 0.1) is 28.6 Å². The van der Waals surface area contributed by atoms with Crippen LogP contribution in [0.15, 0.2) is 21.3 Å². The third kappa shape index (κ3) is 3.25. The fourth-order valence-electron chi connectivity index (χ4n) is 6.84. The Morgan fingerprint density at radius 1 is 1.00 bits per heavy atom. The molecule has 0 aliphatic heterocycles. The third-order valence-electron chi connectivity index (χ3n) is 9.81. The molecule has 0 N–H and O–H groups in total. The highest BCUT2D eigenvalue weighted by atomic mass is 127. The van der Waals surface area contributed by atoms with Gasteiger partial charge in [-0.15, -0.1) is 0 Å². The Morgan fingerprint density at radius 3 is 2.36 bits per heavy atom. The highest BCUT2D eigenvalue weighted by Gasteiger charge is 2.56. The Labute approximate surface area is 188 Å². The summed E-state index contributed by atoms with van der Waals surface area (Å²) in [6, 6.07) is 0. The van der Waals surface area contributed by atoms with Crippen LogP contribution in [0.2, 0.25) is 18.1 Å². The smallest absolute Gasteiger partial charge is 0.192 e. The zero-order chi connectivity index (χ0) is 20.5. The van der Waals surface area contributed by atoms with E-state index in [0.717, 1.165) is 17.8 Å². The number of fused-ring (bicyclic) bond motifs is 5. The summed E-state index contributed by atoms with van der Waals surface area (Å²) in [5, 5.41) is 0.306. The highest BCUT2D eigenvalue weighted by molar-refractivity contribution is 14.1. The predicted octanol–water partition coefficient (Wildman–Crippen LogP) is 8.27. The van der Waals surface area contributed by atoms with Crippen molar-refractivity contribution in [1.82, 2.24) is 0 Å². The fraction of sp³-hybridized carbons (Fsp3) is 0.840. The lowest BCUT2D eigenvalue weighted by Gasteiger charge is -2.58. The molecule has 0 bridgehead atoms. The van der Waals surface area contributed by atoms with E-state index >= 15 is 0 Å². The normalized spacial score (nSPS) is 43.6. The van der Waals surface area contributed by atoms with Crippen LogP contribution in [0.3, 0.4) is 0 Å². The molecule has 0 heterocycles. The summed E-state index contributed by atoms with van der Waals surface area (Å²) < 4.78 is 8.51. The first kappa shape index (κ1) is 21.6. The second-order valence-electron chi connectivity index (χ2n) is 12.2. The molecule has 0 radical (unpaired) electrons. The van der Waals surface area contributed by atoms with Gasteiger partial charge in [0.2, 0.25) is 0 Å². The van der Waals surface area contributed by atoms with Crippen LogP contribution < -0.4 is 0 Å². The Hall–Kier alpha value is 0.387. The topological polar surface area (TPSA) is 9.23 Å². The molecule has 158 valence electrons. The molecule has 4 aliphatic rings. The first-order valence-corrected chi connectivity index (χ1v) is 15.6. The molecule has 3 heteroatoms. The maximum atomic E-state index is 6.86. The Balaban J connectivity index is 1.53. The zero-order valence-corrected chi connectivity index (χ0v) is 22.4. The Morgan fingerprint density at radius 2 is 1.68 bits per heavy atom.